The van der Waals surface area contributed by atoms with E-state index in [1.165, 1.54) is 13.8 Å². The van der Waals surface area contributed by atoms with Crippen LogP contribution in [0.1, 0.15) is 57.6 Å². The van der Waals surface area contributed by atoms with Crippen LogP contribution in [0.5, 0.6) is 0 Å². The van der Waals surface area contributed by atoms with Crippen molar-refractivity contribution < 1.29 is 14.4 Å². The maximum Gasteiger partial charge on any atom is 0.225 e. The first-order chi connectivity index (χ1) is 13.5. The molecule has 1 aliphatic rings. The minimum atomic E-state index is -0.575. The molecule has 1 aromatic carbocycles. The Bertz CT molecular complexity index is 854. The summed E-state index contributed by atoms with van der Waals surface area (Å²) in [6.07, 6.45) is 6.33. The number of nitrogens with zero attached hydrogens (tertiary/aromatic N) is 1. The highest BCUT2D eigenvalue weighted by Gasteiger charge is 2.31. The predicted octanol–water partition coefficient (Wildman–Crippen LogP) is 2.64. The first kappa shape index (κ1) is 20.0. The third-order valence-electron chi connectivity index (χ3n) is 5.52. The fourth-order valence-electron chi connectivity index (χ4n) is 4.15. The molecule has 3 rings (SSSR count). The number of hydrogen-bond donors (Lipinski definition) is 3. The fraction of sp³-hybridized carbons (Fsp3) is 0.524. The van der Waals surface area contributed by atoms with Crippen LogP contribution in [0, 0.1) is 11.8 Å². The van der Waals surface area contributed by atoms with E-state index >= 15 is 0 Å². The van der Waals surface area contributed by atoms with Crippen molar-refractivity contribution in [3.05, 3.63) is 30.0 Å². The molecule has 1 heterocycles. The van der Waals surface area contributed by atoms with Gasteiger partial charge in [-0.1, -0.05) is 25.0 Å². The van der Waals surface area contributed by atoms with Crippen molar-refractivity contribution in [1.29, 1.82) is 0 Å². The summed E-state index contributed by atoms with van der Waals surface area (Å²) in [6, 6.07) is 5.83. The summed E-state index contributed by atoms with van der Waals surface area (Å²) in [5.41, 5.74) is 1.99. The van der Waals surface area contributed by atoms with Gasteiger partial charge in [0.05, 0.1) is 23.7 Å². The van der Waals surface area contributed by atoms with E-state index in [0.29, 0.717) is 5.92 Å². The maximum absolute atomic E-state index is 13.1. The van der Waals surface area contributed by atoms with Crippen LogP contribution in [0.15, 0.2) is 24.4 Å². The number of benzene rings is 1. The molecule has 0 aliphatic heterocycles. The molecule has 1 aromatic heterocycles. The first-order valence-corrected chi connectivity index (χ1v) is 9.92. The van der Waals surface area contributed by atoms with Gasteiger partial charge in [0.15, 0.2) is 0 Å². The van der Waals surface area contributed by atoms with Gasteiger partial charge in [-0.3, -0.25) is 14.7 Å². The SMILES string of the molecule is CC(=O)C[C@H](CNC(C)=O)C(=O)N[C@@H](c1cccc2[nH]ncc12)C1CCCC1. The molecular weight excluding hydrogens is 356 g/mol. The van der Waals surface area contributed by atoms with Gasteiger partial charge in [-0.25, -0.2) is 0 Å². The van der Waals surface area contributed by atoms with E-state index in [0.717, 1.165) is 42.1 Å². The monoisotopic (exact) mass is 384 g/mol. The van der Waals surface area contributed by atoms with Crippen LogP contribution in [-0.2, 0) is 14.4 Å². The topological polar surface area (TPSA) is 104 Å². The van der Waals surface area contributed by atoms with Crippen molar-refractivity contribution in [3.8, 4) is 0 Å². The summed E-state index contributed by atoms with van der Waals surface area (Å²) in [7, 11) is 0. The molecule has 28 heavy (non-hydrogen) atoms. The number of rotatable bonds is 8. The number of aromatic nitrogens is 2. The lowest BCUT2D eigenvalue weighted by Gasteiger charge is -2.28. The number of H-pyrrole nitrogens is 1. The Morgan fingerprint density at radius 2 is 1.96 bits per heavy atom. The molecule has 2 aromatic rings. The molecule has 0 unspecified atom stereocenters. The normalized spacial score (nSPS) is 16.6. The summed E-state index contributed by atoms with van der Waals surface area (Å²) in [5, 5.41) is 14.0. The lowest BCUT2D eigenvalue weighted by atomic mass is 9.89. The van der Waals surface area contributed by atoms with E-state index in [4.69, 9.17) is 0 Å². The molecule has 3 N–H and O–H groups in total. The number of fused-ring (bicyclic) bond motifs is 1. The van der Waals surface area contributed by atoms with Gasteiger partial charge in [-0.15, -0.1) is 0 Å². The Morgan fingerprint density at radius 1 is 1.21 bits per heavy atom. The number of amides is 2. The molecule has 1 saturated carbocycles. The van der Waals surface area contributed by atoms with Crippen molar-refractivity contribution in [3.63, 3.8) is 0 Å². The van der Waals surface area contributed by atoms with Gasteiger partial charge >= 0.3 is 0 Å². The number of carbonyl (C=O) groups excluding carboxylic acids is 3. The van der Waals surface area contributed by atoms with E-state index in [2.05, 4.69) is 20.8 Å². The van der Waals surface area contributed by atoms with Crippen LogP contribution in [0.4, 0.5) is 0 Å². The van der Waals surface area contributed by atoms with Gasteiger partial charge in [0, 0.05) is 25.3 Å². The van der Waals surface area contributed by atoms with Crippen LogP contribution in [0.25, 0.3) is 10.9 Å². The van der Waals surface area contributed by atoms with Gasteiger partial charge < -0.3 is 15.4 Å². The average Bonchev–Trinajstić information content (AvgIpc) is 3.33. The number of hydrogen-bond acceptors (Lipinski definition) is 4. The number of aromatic amines is 1. The van der Waals surface area contributed by atoms with Crippen LogP contribution >= 0.6 is 0 Å². The van der Waals surface area contributed by atoms with Gasteiger partial charge in [-0.2, -0.15) is 5.10 Å². The molecule has 150 valence electrons. The molecule has 1 aliphatic carbocycles. The van der Waals surface area contributed by atoms with Crippen molar-refractivity contribution in [2.75, 3.05) is 6.54 Å². The lowest BCUT2D eigenvalue weighted by molar-refractivity contribution is -0.130. The predicted molar refractivity (Wildman–Crippen MR) is 106 cm³/mol. The Morgan fingerprint density at radius 3 is 2.64 bits per heavy atom. The maximum atomic E-state index is 13.1. The zero-order valence-electron chi connectivity index (χ0n) is 16.5. The van der Waals surface area contributed by atoms with Gasteiger partial charge in [0.1, 0.15) is 5.78 Å². The number of ketones is 1. The largest absolute Gasteiger partial charge is 0.356 e. The summed E-state index contributed by atoms with van der Waals surface area (Å²) in [4.78, 5) is 36.0. The van der Waals surface area contributed by atoms with Crippen molar-refractivity contribution in [2.45, 2.75) is 52.0 Å². The number of carbonyl (C=O) groups is 3. The summed E-state index contributed by atoms with van der Waals surface area (Å²) < 4.78 is 0. The summed E-state index contributed by atoms with van der Waals surface area (Å²) >= 11 is 0. The quantitative estimate of drug-likeness (QED) is 0.651. The van der Waals surface area contributed by atoms with Gasteiger partial charge in [-0.05, 0) is 37.3 Å². The lowest BCUT2D eigenvalue weighted by Crippen LogP contribution is -2.42. The van der Waals surface area contributed by atoms with Gasteiger partial charge in [0.2, 0.25) is 11.8 Å². The molecule has 0 bridgehead atoms. The molecule has 7 heteroatoms. The second-order valence-electron chi connectivity index (χ2n) is 7.75. The zero-order chi connectivity index (χ0) is 20.1. The Kier molecular flexibility index (Phi) is 6.44. The third-order valence-corrected chi connectivity index (χ3v) is 5.52. The van der Waals surface area contributed by atoms with Crippen molar-refractivity contribution >= 4 is 28.5 Å². The molecule has 7 nitrogen and oxygen atoms in total. The smallest absolute Gasteiger partial charge is 0.225 e. The molecule has 1 fully saturated rings. The van der Waals surface area contributed by atoms with Crippen molar-refractivity contribution in [2.24, 2.45) is 11.8 Å². The standard InChI is InChI=1S/C21H28N4O3/c1-13(26)10-16(11-22-14(2)27)21(28)24-20(15-6-3-4-7-15)17-8-5-9-19-18(17)12-23-25-19/h5,8-9,12,15-16,20H,3-4,6-7,10-11H2,1-2H3,(H,22,27)(H,23,25)(H,24,28)/t16-,20-/m1/s1. The zero-order valence-corrected chi connectivity index (χ0v) is 16.5. The molecular formula is C21H28N4O3. The van der Waals surface area contributed by atoms with E-state index in [1.807, 2.05) is 18.2 Å². The van der Waals surface area contributed by atoms with E-state index in [1.54, 1.807) is 6.20 Å². The second kappa shape index (κ2) is 8.99. The van der Waals surface area contributed by atoms with E-state index in [9.17, 15) is 14.4 Å². The number of nitrogens with one attached hydrogen (secondary N) is 3. The number of Topliss-reactive ketones (excluding diaryl/α,β-unsaturated/α-hetero) is 1. The van der Waals surface area contributed by atoms with Crippen molar-refractivity contribution in [1.82, 2.24) is 20.8 Å². The minimum absolute atomic E-state index is 0.0696. The first-order valence-electron chi connectivity index (χ1n) is 9.92. The molecule has 0 spiro atoms. The van der Waals surface area contributed by atoms with E-state index in [-0.39, 0.29) is 36.6 Å². The molecule has 0 radical (unpaired) electrons. The van der Waals surface area contributed by atoms with Crippen LogP contribution in [0.3, 0.4) is 0 Å². The third kappa shape index (κ3) is 4.77. The minimum Gasteiger partial charge on any atom is -0.356 e. The van der Waals surface area contributed by atoms with Gasteiger partial charge in [0.25, 0.3) is 0 Å². The Labute approximate surface area is 164 Å². The molecule has 2 amide bonds. The fourth-order valence-corrected chi connectivity index (χ4v) is 4.15. The Balaban J connectivity index is 1.85. The highest BCUT2D eigenvalue weighted by Crippen LogP contribution is 2.38. The van der Waals surface area contributed by atoms with Crippen LogP contribution < -0.4 is 10.6 Å². The van der Waals surface area contributed by atoms with E-state index < -0.39 is 5.92 Å². The molecule has 2 atom stereocenters. The average molecular weight is 384 g/mol. The second-order valence-corrected chi connectivity index (χ2v) is 7.75. The van der Waals surface area contributed by atoms with Crippen LogP contribution in [0.2, 0.25) is 0 Å². The highest BCUT2D eigenvalue weighted by molar-refractivity contribution is 5.88. The molecule has 0 saturated heterocycles. The highest BCUT2D eigenvalue weighted by atomic mass is 16.2. The Hall–Kier alpha value is -2.70. The summed E-state index contributed by atoms with van der Waals surface area (Å²) in [6.45, 7) is 3.03. The summed E-state index contributed by atoms with van der Waals surface area (Å²) in [5.74, 6) is -0.699. The van der Waals surface area contributed by atoms with Crippen LogP contribution in [-0.4, -0.2) is 34.3 Å².